The first kappa shape index (κ1) is 20.4. The molecule has 1 atom stereocenters. The Labute approximate surface area is 188 Å². The second kappa shape index (κ2) is 8.85. The molecule has 1 aliphatic rings. The van der Waals surface area contributed by atoms with Gasteiger partial charge in [0.25, 0.3) is 5.91 Å². The van der Waals surface area contributed by atoms with Gasteiger partial charge in [0.2, 0.25) is 0 Å². The summed E-state index contributed by atoms with van der Waals surface area (Å²) in [5, 5.41) is 3.38. The first-order chi connectivity index (χ1) is 14.5. The maximum Gasteiger partial charge on any atom is 0.277 e. The summed E-state index contributed by atoms with van der Waals surface area (Å²) in [4.78, 5) is 14.5. The molecule has 30 heavy (non-hydrogen) atoms. The normalized spacial score (nSPS) is 16.1. The predicted molar refractivity (Wildman–Crippen MR) is 123 cm³/mol. The molecule has 1 aromatic heterocycles. The van der Waals surface area contributed by atoms with Crippen molar-refractivity contribution in [3.8, 4) is 5.75 Å². The van der Waals surface area contributed by atoms with Gasteiger partial charge in [0.05, 0.1) is 10.5 Å². The summed E-state index contributed by atoms with van der Waals surface area (Å²) in [6, 6.07) is 20.9. The number of amides is 1. The highest BCUT2D eigenvalue weighted by Crippen LogP contribution is 2.27. The van der Waals surface area contributed by atoms with Crippen molar-refractivity contribution in [3.63, 3.8) is 0 Å². The fourth-order valence-electron chi connectivity index (χ4n) is 3.18. The molecule has 0 saturated carbocycles. The van der Waals surface area contributed by atoms with Crippen LogP contribution in [0, 0.1) is 0 Å². The topological polar surface area (TPSA) is 54.7 Å². The van der Waals surface area contributed by atoms with Crippen molar-refractivity contribution in [1.29, 1.82) is 0 Å². The number of rotatable bonds is 6. The molecule has 1 amide bonds. The molecule has 7 heteroatoms. The van der Waals surface area contributed by atoms with Gasteiger partial charge in [-0.25, -0.2) is 0 Å². The van der Waals surface area contributed by atoms with E-state index in [1.54, 1.807) is 17.0 Å². The third kappa shape index (κ3) is 4.32. The fourth-order valence-corrected chi connectivity index (χ4v) is 3.93. The van der Waals surface area contributed by atoms with Crippen LogP contribution in [0.1, 0.15) is 30.0 Å². The van der Waals surface area contributed by atoms with Gasteiger partial charge in [-0.15, -0.1) is 0 Å². The van der Waals surface area contributed by atoms with Crippen LogP contribution in [0.15, 0.2) is 81.3 Å². The minimum Gasteiger partial charge on any atom is -0.484 e. The summed E-state index contributed by atoms with van der Waals surface area (Å²) in [6.07, 6.45) is 1.66. The van der Waals surface area contributed by atoms with E-state index in [2.05, 4.69) is 21.2 Å². The lowest BCUT2D eigenvalue weighted by Crippen LogP contribution is -2.33. The van der Waals surface area contributed by atoms with Gasteiger partial charge in [-0.05, 0) is 64.9 Å². The number of furan rings is 1. The lowest BCUT2D eigenvalue weighted by Gasteiger charge is -2.23. The van der Waals surface area contributed by atoms with Gasteiger partial charge in [-0.3, -0.25) is 9.69 Å². The molecule has 2 heterocycles. The number of ether oxygens (including phenoxy) is 1. The Bertz CT molecular complexity index is 1110. The Morgan fingerprint density at radius 1 is 1.13 bits per heavy atom. The molecule has 2 aromatic carbocycles. The van der Waals surface area contributed by atoms with Crippen LogP contribution in [0.2, 0.25) is 0 Å². The molecule has 1 saturated heterocycles. The summed E-state index contributed by atoms with van der Waals surface area (Å²) in [7, 11) is 0. The van der Waals surface area contributed by atoms with Gasteiger partial charge in [0, 0.05) is 6.08 Å². The molecule has 5 nitrogen and oxygen atoms in total. The average molecular weight is 483 g/mol. The SMILES string of the molecule is CC(c1ccccc1)N1C(=O)/C(=C/c2ccc(COc3ccccc3Br)o2)NC1=S. The number of hydrogen-bond donors (Lipinski definition) is 1. The Kier molecular flexibility index (Phi) is 6.01. The van der Waals surface area contributed by atoms with Crippen molar-refractivity contribution in [2.75, 3.05) is 0 Å². The maximum atomic E-state index is 12.9. The van der Waals surface area contributed by atoms with Gasteiger partial charge in [-0.2, -0.15) is 0 Å². The van der Waals surface area contributed by atoms with Crippen LogP contribution in [0.25, 0.3) is 6.08 Å². The monoisotopic (exact) mass is 482 g/mol. The van der Waals surface area contributed by atoms with Gasteiger partial charge < -0.3 is 14.5 Å². The Morgan fingerprint density at radius 3 is 2.63 bits per heavy atom. The molecular formula is C23H19BrN2O3S. The Morgan fingerprint density at radius 2 is 1.87 bits per heavy atom. The molecule has 152 valence electrons. The van der Waals surface area contributed by atoms with Crippen LogP contribution >= 0.6 is 28.1 Å². The summed E-state index contributed by atoms with van der Waals surface area (Å²) in [5.74, 6) is 1.75. The number of thiocarbonyl (C=S) groups is 1. The summed E-state index contributed by atoms with van der Waals surface area (Å²) < 4.78 is 12.4. The number of nitrogens with zero attached hydrogens (tertiary/aromatic N) is 1. The lowest BCUT2D eigenvalue weighted by molar-refractivity contribution is -0.123. The van der Waals surface area contributed by atoms with E-state index < -0.39 is 0 Å². The molecule has 0 spiro atoms. The fraction of sp³-hybridized carbons (Fsp3) is 0.130. The quantitative estimate of drug-likeness (QED) is 0.374. The zero-order valence-corrected chi connectivity index (χ0v) is 18.6. The second-order valence-electron chi connectivity index (χ2n) is 6.77. The number of benzene rings is 2. The molecule has 0 aliphatic carbocycles. The van der Waals surface area contributed by atoms with E-state index in [1.807, 2.05) is 67.6 Å². The third-order valence-electron chi connectivity index (χ3n) is 4.75. The smallest absolute Gasteiger partial charge is 0.277 e. The zero-order valence-electron chi connectivity index (χ0n) is 16.2. The van der Waals surface area contributed by atoms with Crippen molar-refractivity contribution in [2.24, 2.45) is 0 Å². The summed E-state index contributed by atoms with van der Waals surface area (Å²) >= 11 is 8.85. The van der Waals surface area contributed by atoms with Crippen molar-refractivity contribution in [1.82, 2.24) is 10.2 Å². The third-order valence-corrected chi connectivity index (χ3v) is 5.71. The standard InChI is InChI=1S/C23H19BrN2O3S/c1-15(16-7-3-2-4-8-16)26-22(27)20(25-23(26)30)13-17-11-12-18(29-17)14-28-21-10-6-5-9-19(21)24/h2-13,15H,14H2,1H3,(H,25,30)/b20-13-. The van der Waals surface area contributed by atoms with E-state index in [9.17, 15) is 4.79 Å². The van der Waals surface area contributed by atoms with E-state index in [1.165, 1.54) is 0 Å². The number of nitrogens with one attached hydrogen (secondary N) is 1. The van der Waals surface area contributed by atoms with Crippen LogP contribution in [-0.2, 0) is 11.4 Å². The number of para-hydroxylation sites is 1. The molecule has 1 fully saturated rings. The van der Waals surface area contributed by atoms with E-state index in [4.69, 9.17) is 21.4 Å². The van der Waals surface area contributed by atoms with Gasteiger partial charge in [0.1, 0.15) is 29.6 Å². The largest absolute Gasteiger partial charge is 0.484 e. The van der Waals surface area contributed by atoms with Crippen molar-refractivity contribution < 1.29 is 13.9 Å². The van der Waals surface area contributed by atoms with Crippen LogP contribution in [0.5, 0.6) is 5.75 Å². The first-order valence-electron chi connectivity index (χ1n) is 9.40. The molecule has 3 aromatic rings. The van der Waals surface area contributed by atoms with E-state index in [-0.39, 0.29) is 18.6 Å². The molecule has 1 N–H and O–H groups in total. The Balaban J connectivity index is 1.46. The van der Waals surface area contributed by atoms with Gasteiger partial charge >= 0.3 is 0 Å². The second-order valence-corrected chi connectivity index (χ2v) is 8.01. The Hall–Kier alpha value is -2.90. The number of carbonyl (C=O) groups excluding carboxylic acids is 1. The van der Waals surface area contributed by atoms with Crippen molar-refractivity contribution in [2.45, 2.75) is 19.6 Å². The van der Waals surface area contributed by atoms with Crippen LogP contribution < -0.4 is 10.1 Å². The van der Waals surface area contributed by atoms with E-state index in [0.29, 0.717) is 22.3 Å². The van der Waals surface area contributed by atoms with E-state index in [0.717, 1.165) is 15.8 Å². The predicted octanol–water partition coefficient (Wildman–Crippen LogP) is 5.44. The molecule has 4 rings (SSSR count). The number of hydrogen-bond acceptors (Lipinski definition) is 4. The minimum atomic E-state index is -0.182. The summed E-state index contributed by atoms with van der Waals surface area (Å²) in [6.45, 7) is 2.23. The zero-order chi connectivity index (χ0) is 21.1. The van der Waals surface area contributed by atoms with Crippen LogP contribution in [0.3, 0.4) is 0 Å². The highest BCUT2D eigenvalue weighted by molar-refractivity contribution is 9.10. The van der Waals surface area contributed by atoms with Gasteiger partial charge in [0.15, 0.2) is 5.11 Å². The van der Waals surface area contributed by atoms with Crippen LogP contribution in [-0.4, -0.2) is 15.9 Å². The highest BCUT2D eigenvalue weighted by Gasteiger charge is 2.35. The van der Waals surface area contributed by atoms with E-state index >= 15 is 0 Å². The minimum absolute atomic E-state index is 0.172. The number of carbonyl (C=O) groups is 1. The van der Waals surface area contributed by atoms with Crippen LogP contribution in [0.4, 0.5) is 0 Å². The molecule has 0 bridgehead atoms. The van der Waals surface area contributed by atoms with Gasteiger partial charge in [-0.1, -0.05) is 42.5 Å². The first-order valence-corrected chi connectivity index (χ1v) is 10.6. The molecule has 1 aliphatic heterocycles. The lowest BCUT2D eigenvalue weighted by atomic mass is 10.1. The molecule has 0 radical (unpaired) electrons. The van der Waals surface area contributed by atoms with Crippen molar-refractivity contribution >= 4 is 45.2 Å². The average Bonchev–Trinajstić information content (AvgIpc) is 3.31. The molecular weight excluding hydrogens is 464 g/mol. The molecule has 1 unspecified atom stereocenters. The number of halogens is 1. The summed E-state index contributed by atoms with van der Waals surface area (Å²) in [5.41, 5.74) is 1.40. The highest BCUT2D eigenvalue weighted by atomic mass is 79.9. The van der Waals surface area contributed by atoms with Crippen molar-refractivity contribution in [3.05, 3.63) is 94.0 Å². The maximum absolute atomic E-state index is 12.9.